The largest absolute Gasteiger partial charge is 0.216 e. The zero-order valence-corrected chi connectivity index (χ0v) is 10.4. The van der Waals surface area contributed by atoms with Crippen LogP contribution in [-0.2, 0) is 6.42 Å². The number of hydrogen-bond acceptors (Lipinski definition) is 2. The van der Waals surface area contributed by atoms with E-state index in [1.165, 1.54) is 18.4 Å². The lowest BCUT2D eigenvalue weighted by atomic mass is 10.1. The van der Waals surface area contributed by atoms with Crippen molar-refractivity contribution in [3.8, 4) is 0 Å². The van der Waals surface area contributed by atoms with Gasteiger partial charge in [0.05, 0.1) is 5.69 Å². The Morgan fingerprint density at radius 2 is 2.19 bits per heavy atom. The van der Waals surface area contributed by atoms with Gasteiger partial charge in [-0.05, 0) is 32.1 Å². The lowest BCUT2D eigenvalue weighted by molar-refractivity contribution is 0.829. The van der Waals surface area contributed by atoms with Gasteiger partial charge >= 0.3 is 0 Å². The molecule has 0 saturated heterocycles. The van der Waals surface area contributed by atoms with Crippen LogP contribution in [-0.4, -0.2) is 14.6 Å². The van der Waals surface area contributed by atoms with Crippen molar-refractivity contribution in [3.05, 3.63) is 27.6 Å². The van der Waals surface area contributed by atoms with Crippen molar-refractivity contribution in [2.45, 2.75) is 26.2 Å². The first kappa shape index (κ1) is 10.4. The van der Waals surface area contributed by atoms with Gasteiger partial charge in [0.2, 0.25) is 0 Å². The van der Waals surface area contributed by atoms with E-state index in [-0.39, 0.29) is 0 Å². The molecule has 2 aromatic heterocycles. The molecule has 0 aliphatic heterocycles. The highest BCUT2D eigenvalue weighted by atomic mass is 35.5. The number of nitrogens with zero attached hydrogens (tertiary/aromatic N) is 3. The summed E-state index contributed by atoms with van der Waals surface area (Å²) < 4.78 is 1.67. The molecule has 3 nitrogen and oxygen atoms in total. The standard InChI is InChI=1S/C11H11Cl2N3/c1-6-8(4-7-2-3-7)11-14-9(12)5-10(13)16(11)15-6/h5,7H,2-4H2,1H3. The Morgan fingerprint density at radius 3 is 2.88 bits per heavy atom. The highest BCUT2D eigenvalue weighted by Gasteiger charge is 2.25. The van der Waals surface area contributed by atoms with Gasteiger partial charge in [0.15, 0.2) is 5.65 Å². The van der Waals surface area contributed by atoms with Crippen LogP contribution in [0.25, 0.3) is 5.65 Å². The summed E-state index contributed by atoms with van der Waals surface area (Å²) in [6.45, 7) is 2.00. The second kappa shape index (κ2) is 3.60. The molecule has 0 bridgehead atoms. The van der Waals surface area contributed by atoms with Crippen molar-refractivity contribution in [1.29, 1.82) is 0 Å². The van der Waals surface area contributed by atoms with Crippen molar-refractivity contribution < 1.29 is 0 Å². The molecule has 3 rings (SSSR count). The molecule has 0 N–H and O–H groups in total. The van der Waals surface area contributed by atoms with Crippen LogP contribution in [0.5, 0.6) is 0 Å². The van der Waals surface area contributed by atoms with Crippen LogP contribution in [0, 0.1) is 12.8 Å². The van der Waals surface area contributed by atoms with Crippen molar-refractivity contribution in [3.63, 3.8) is 0 Å². The van der Waals surface area contributed by atoms with Gasteiger partial charge in [-0.15, -0.1) is 0 Å². The lowest BCUT2D eigenvalue weighted by Crippen LogP contribution is -1.94. The molecule has 0 amide bonds. The third kappa shape index (κ3) is 1.68. The fourth-order valence-corrected chi connectivity index (χ4v) is 2.41. The number of aryl methyl sites for hydroxylation is 1. The molecule has 1 aliphatic carbocycles. The van der Waals surface area contributed by atoms with E-state index in [2.05, 4.69) is 10.1 Å². The zero-order valence-electron chi connectivity index (χ0n) is 8.87. The first-order valence-electron chi connectivity index (χ1n) is 5.35. The Balaban J connectivity index is 2.21. The molecule has 84 valence electrons. The average Bonchev–Trinajstić information content (AvgIpc) is 2.96. The van der Waals surface area contributed by atoms with E-state index in [1.54, 1.807) is 10.6 Å². The van der Waals surface area contributed by atoms with Gasteiger partial charge in [-0.1, -0.05) is 23.2 Å². The molecule has 1 aliphatic rings. The predicted octanol–water partition coefficient (Wildman–Crippen LogP) is 3.30. The van der Waals surface area contributed by atoms with Gasteiger partial charge in [0.1, 0.15) is 10.3 Å². The zero-order chi connectivity index (χ0) is 11.3. The lowest BCUT2D eigenvalue weighted by Gasteiger charge is -1.99. The maximum absolute atomic E-state index is 6.08. The monoisotopic (exact) mass is 255 g/mol. The fourth-order valence-electron chi connectivity index (χ4n) is 1.95. The summed E-state index contributed by atoms with van der Waals surface area (Å²) >= 11 is 12.0. The molecule has 2 aromatic rings. The minimum Gasteiger partial charge on any atom is -0.216 e. The Kier molecular flexibility index (Phi) is 2.33. The number of fused-ring (bicyclic) bond motifs is 1. The Hall–Kier alpha value is -0.800. The van der Waals surface area contributed by atoms with Gasteiger partial charge in [-0.2, -0.15) is 5.10 Å². The summed E-state index contributed by atoms with van der Waals surface area (Å²) in [7, 11) is 0. The Bertz CT molecular complexity index is 558. The van der Waals surface area contributed by atoms with Crippen LogP contribution >= 0.6 is 23.2 Å². The number of rotatable bonds is 2. The van der Waals surface area contributed by atoms with Crippen LogP contribution < -0.4 is 0 Å². The number of aromatic nitrogens is 3. The number of hydrogen-bond donors (Lipinski definition) is 0. The summed E-state index contributed by atoms with van der Waals surface area (Å²) in [4.78, 5) is 4.32. The smallest absolute Gasteiger partial charge is 0.161 e. The van der Waals surface area contributed by atoms with Crippen LogP contribution in [0.15, 0.2) is 6.07 Å². The molecule has 0 unspecified atom stereocenters. The summed E-state index contributed by atoms with van der Waals surface area (Å²) in [6.07, 6.45) is 3.66. The van der Waals surface area contributed by atoms with E-state index in [4.69, 9.17) is 23.2 Å². The van der Waals surface area contributed by atoms with Crippen LogP contribution in [0.4, 0.5) is 0 Å². The second-order valence-corrected chi connectivity index (χ2v) is 5.12. The van der Waals surface area contributed by atoms with Gasteiger partial charge in [0, 0.05) is 11.6 Å². The molecule has 1 fully saturated rings. The summed E-state index contributed by atoms with van der Waals surface area (Å²) in [5, 5.41) is 5.34. The first-order chi connectivity index (χ1) is 7.65. The Morgan fingerprint density at radius 1 is 1.44 bits per heavy atom. The molecular weight excluding hydrogens is 245 g/mol. The maximum Gasteiger partial charge on any atom is 0.161 e. The van der Waals surface area contributed by atoms with Crippen LogP contribution in [0.1, 0.15) is 24.1 Å². The molecule has 2 heterocycles. The van der Waals surface area contributed by atoms with Crippen molar-refractivity contribution in [2.75, 3.05) is 0 Å². The fraction of sp³-hybridized carbons (Fsp3) is 0.455. The minimum absolute atomic E-state index is 0.425. The SMILES string of the molecule is Cc1nn2c(Cl)cc(Cl)nc2c1CC1CC1. The van der Waals surface area contributed by atoms with Gasteiger partial charge in [0.25, 0.3) is 0 Å². The predicted molar refractivity (Wildman–Crippen MR) is 64.2 cm³/mol. The molecule has 1 saturated carbocycles. The van der Waals surface area contributed by atoms with Crippen LogP contribution in [0.3, 0.4) is 0 Å². The molecule has 0 spiro atoms. The van der Waals surface area contributed by atoms with E-state index in [0.717, 1.165) is 23.7 Å². The van der Waals surface area contributed by atoms with E-state index in [0.29, 0.717) is 10.3 Å². The molecule has 16 heavy (non-hydrogen) atoms. The molecule has 0 radical (unpaired) electrons. The third-order valence-corrected chi connectivity index (χ3v) is 3.46. The van der Waals surface area contributed by atoms with Gasteiger partial charge < -0.3 is 0 Å². The van der Waals surface area contributed by atoms with Crippen molar-refractivity contribution in [2.24, 2.45) is 5.92 Å². The molecular formula is C11H11Cl2N3. The topological polar surface area (TPSA) is 30.2 Å². The van der Waals surface area contributed by atoms with Crippen molar-refractivity contribution >= 4 is 28.8 Å². The van der Waals surface area contributed by atoms with Crippen LogP contribution in [0.2, 0.25) is 10.3 Å². The highest BCUT2D eigenvalue weighted by molar-refractivity contribution is 6.33. The molecule has 5 heteroatoms. The summed E-state index contributed by atoms with van der Waals surface area (Å²) in [5.41, 5.74) is 3.00. The van der Waals surface area contributed by atoms with E-state index in [9.17, 15) is 0 Å². The Labute approximate surface area is 103 Å². The van der Waals surface area contributed by atoms with Gasteiger partial charge in [-0.25, -0.2) is 9.50 Å². The molecule has 0 atom stereocenters. The summed E-state index contributed by atoms with van der Waals surface area (Å²) in [5.74, 6) is 0.797. The van der Waals surface area contributed by atoms with Gasteiger partial charge in [-0.3, -0.25) is 0 Å². The maximum atomic E-state index is 6.08. The minimum atomic E-state index is 0.425. The van der Waals surface area contributed by atoms with E-state index < -0.39 is 0 Å². The number of halogens is 2. The van der Waals surface area contributed by atoms with Crippen molar-refractivity contribution in [1.82, 2.24) is 14.6 Å². The van der Waals surface area contributed by atoms with E-state index >= 15 is 0 Å². The molecule has 0 aromatic carbocycles. The third-order valence-electron chi connectivity index (χ3n) is 3.00. The highest BCUT2D eigenvalue weighted by Crippen LogP contribution is 2.35. The average molecular weight is 256 g/mol. The normalized spacial score (nSPS) is 15.9. The quantitative estimate of drug-likeness (QED) is 0.772. The second-order valence-electron chi connectivity index (χ2n) is 4.35. The first-order valence-corrected chi connectivity index (χ1v) is 6.11. The summed E-state index contributed by atoms with van der Waals surface area (Å²) in [6, 6.07) is 1.61. The van der Waals surface area contributed by atoms with E-state index in [1.807, 2.05) is 6.92 Å².